The third-order valence-electron chi connectivity index (χ3n) is 3.26. The van der Waals surface area contributed by atoms with E-state index in [2.05, 4.69) is 10.3 Å². The lowest BCUT2D eigenvalue weighted by atomic mass is 10.0. The Morgan fingerprint density at radius 3 is 2.73 bits per heavy atom. The first-order chi connectivity index (χ1) is 9.88. The van der Waals surface area contributed by atoms with Crippen molar-refractivity contribution < 1.29 is 25.3 Å². The van der Waals surface area contributed by atoms with E-state index in [0.29, 0.717) is 0 Å². The summed E-state index contributed by atoms with van der Waals surface area (Å²) < 4.78 is 0. The van der Waals surface area contributed by atoms with Crippen LogP contribution in [0.5, 0.6) is 5.75 Å². The van der Waals surface area contributed by atoms with Gasteiger partial charge in [-0.1, -0.05) is 0 Å². The quantitative estimate of drug-likeness (QED) is 0.503. The van der Waals surface area contributed by atoms with Gasteiger partial charge in [-0.25, -0.2) is 0 Å². The molecule has 0 radical (unpaired) electrons. The van der Waals surface area contributed by atoms with E-state index in [1.807, 2.05) is 0 Å². The predicted molar refractivity (Wildman–Crippen MR) is 80.5 cm³/mol. The molecule has 0 fully saturated rings. The Morgan fingerprint density at radius 1 is 1.41 bits per heavy atom. The number of carbonyl (C=O) groups is 2. The summed E-state index contributed by atoms with van der Waals surface area (Å²) in [5.74, 6) is -1.52. The molecule has 1 amide bonds. The summed E-state index contributed by atoms with van der Waals surface area (Å²) in [4.78, 5) is 25.6. The first-order valence-corrected chi connectivity index (χ1v) is 6.46. The van der Waals surface area contributed by atoms with Gasteiger partial charge in [0.2, 0.25) is 5.91 Å². The molecule has 0 saturated carbocycles. The van der Waals surface area contributed by atoms with Crippen molar-refractivity contribution in [2.75, 3.05) is 0 Å². The van der Waals surface area contributed by atoms with E-state index in [0.717, 1.165) is 16.5 Å². The minimum Gasteiger partial charge on any atom is -0.508 e. The number of aromatic hydroxyl groups is 1. The molecule has 120 valence electrons. The summed E-state index contributed by atoms with van der Waals surface area (Å²) >= 11 is 0. The van der Waals surface area contributed by atoms with Crippen molar-refractivity contribution in [2.24, 2.45) is 5.73 Å². The molecule has 2 aromatic rings. The Kier molecular flexibility index (Phi) is 5.50. The summed E-state index contributed by atoms with van der Waals surface area (Å²) in [6.45, 7) is 1.37. The number of phenolic OH excluding ortho intramolecular Hbond substituents is 1. The van der Waals surface area contributed by atoms with Crippen LogP contribution < -0.4 is 11.1 Å². The maximum Gasteiger partial charge on any atom is 0.325 e. The summed E-state index contributed by atoms with van der Waals surface area (Å²) in [7, 11) is 0. The molecule has 0 bridgehead atoms. The summed E-state index contributed by atoms with van der Waals surface area (Å²) in [5, 5.41) is 21.4. The average Bonchev–Trinajstić information content (AvgIpc) is 2.81. The zero-order valence-corrected chi connectivity index (χ0v) is 12.0. The van der Waals surface area contributed by atoms with Crippen LogP contribution in [0.2, 0.25) is 0 Å². The minimum atomic E-state index is -1.12. The number of benzene rings is 1. The molecule has 0 aliphatic heterocycles. The highest BCUT2D eigenvalue weighted by atomic mass is 16.4. The molecule has 0 unspecified atom stereocenters. The van der Waals surface area contributed by atoms with E-state index < -0.39 is 24.0 Å². The second-order valence-electron chi connectivity index (χ2n) is 4.92. The zero-order valence-electron chi connectivity index (χ0n) is 12.0. The fourth-order valence-electron chi connectivity index (χ4n) is 2.05. The Morgan fingerprint density at radius 2 is 2.09 bits per heavy atom. The SMILES string of the molecule is C[C@H](NC(=O)[C@@H](N)Cc1c[nH]c2ccc(O)cc12)C(=O)O.O. The van der Waals surface area contributed by atoms with Gasteiger partial charge in [0.05, 0.1) is 6.04 Å². The Balaban J connectivity index is 0.00000242. The number of nitrogens with one attached hydrogen (secondary N) is 2. The van der Waals surface area contributed by atoms with Crippen LogP contribution in [0.1, 0.15) is 12.5 Å². The molecule has 0 aliphatic rings. The standard InChI is InChI=1S/C14H17N3O4.H2O/c1-7(14(20)21)17-13(19)11(15)4-8-6-16-12-3-2-9(18)5-10(8)12;/h2-3,5-7,11,16,18H,4,15H2,1H3,(H,17,19)(H,20,21);1H2/t7-,11-;/m0./s1. The Hall–Kier alpha value is -2.58. The normalized spacial score (nSPS) is 13.2. The van der Waals surface area contributed by atoms with E-state index in [1.165, 1.54) is 6.92 Å². The molecule has 0 saturated heterocycles. The molecule has 8 heteroatoms. The highest BCUT2D eigenvalue weighted by Crippen LogP contribution is 2.23. The number of hydrogen-bond acceptors (Lipinski definition) is 4. The summed E-state index contributed by atoms with van der Waals surface area (Å²) in [6.07, 6.45) is 1.96. The Labute approximate surface area is 126 Å². The van der Waals surface area contributed by atoms with E-state index in [4.69, 9.17) is 10.8 Å². The maximum atomic E-state index is 11.8. The maximum absolute atomic E-state index is 11.8. The molecule has 22 heavy (non-hydrogen) atoms. The molecule has 1 heterocycles. The minimum absolute atomic E-state index is 0. The highest BCUT2D eigenvalue weighted by molar-refractivity contribution is 5.88. The molecule has 8 nitrogen and oxygen atoms in total. The highest BCUT2D eigenvalue weighted by Gasteiger charge is 2.20. The number of fused-ring (bicyclic) bond motifs is 1. The largest absolute Gasteiger partial charge is 0.508 e. The number of aliphatic carboxylic acids is 1. The number of H-pyrrole nitrogens is 1. The van der Waals surface area contributed by atoms with Crippen molar-refractivity contribution in [3.05, 3.63) is 30.0 Å². The van der Waals surface area contributed by atoms with E-state index >= 15 is 0 Å². The van der Waals surface area contributed by atoms with Gasteiger partial charge in [-0.05, 0) is 37.1 Å². The van der Waals surface area contributed by atoms with Crippen molar-refractivity contribution in [3.63, 3.8) is 0 Å². The molecule has 0 aliphatic carbocycles. The van der Waals surface area contributed by atoms with Crippen LogP contribution in [0.15, 0.2) is 24.4 Å². The first kappa shape index (κ1) is 17.5. The lowest BCUT2D eigenvalue weighted by Gasteiger charge is -2.14. The lowest BCUT2D eigenvalue weighted by Crippen LogP contribution is -2.47. The smallest absolute Gasteiger partial charge is 0.325 e. The molecule has 2 atom stereocenters. The van der Waals surface area contributed by atoms with E-state index in [1.54, 1.807) is 24.4 Å². The van der Waals surface area contributed by atoms with E-state index in [9.17, 15) is 14.7 Å². The Bertz CT molecular complexity index is 682. The van der Waals surface area contributed by atoms with Crippen molar-refractivity contribution in [3.8, 4) is 5.75 Å². The summed E-state index contributed by atoms with van der Waals surface area (Å²) in [6, 6.07) is 3.02. The number of aromatic amines is 1. The van der Waals surface area contributed by atoms with Crippen molar-refractivity contribution in [2.45, 2.75) is 25.4 Å². The van der Waals surface area contributed by atoms with Gasteiger partial charge in [-0.2, -0.15) is 0 Å². The molecular formula is C14H19N3O5. The number of hydrogen-bond donors (Lipinski definition) is 5. The third-order valence-corrected chi connectivity index (χ3v) is 3.26. The van der Waals surface area contributed by atoms with Crippen LogP contribution in [0.3, 0.4) is 0 Å². The second kappa shape index (κ2) is 6.92. The van der Waals surface area contributed by atoms with Crippen LogP contribution in [0.4, 0.5) is 0 Å². The van der Waals surface area contributed by atoms with Crippen LogP contribution in [0.25, 0.3) is 10.9 Å². The van der Waals surface area contributed by atoms with Gasteiger partial charge in [0.15, 0.2) is 0 Å². The van der Waals surface area contributed by atoms with Gasteiger partial charge in [0.1, 0.15) is 11.8 Å². The van der Waals surface area contributed by atoms with Crippen molar-refractivity contribution in [1.29, 1.82) is 0 Å². The molecular weight excluding hydrogens is 290 g/mol. The van der Waals surface area contributed by atoms with Crippen LogP contribution in [-0.2, 0) is 16.0 Å². The number of amides is 1. The lowest BCUT2D eigenvalue weighted by molar-refractivity contribution is -0.141. The van der Waals surface area contributed by atoms with Gasteiger partial charge >= 0.3 is 5.97 Å². The molecule has 0 spiro atoms. The first-order valence-electron chi connectivity index (χ1n) is 6.46. The van der Waals surface area contributed by atoms with Gasteiger partial charge in [-0.15, -0.1) is 0 Å². The van der Waals surface area contributed by atoms with Gasteiger partial charge in [0.25, 0.3) is 0 Å². The topological polar surface area (TPSA) is 160 Å². The number of carboxylic acids is 1. The number of aromatic nitrogens is 1. The van der Waals surface area contributed by atoms with Crippen LogP contribution >= 0.6 is 0 Å². The van der Waals surface area contributed by atoms with Gasteiger partial charge in [-0.3, -0.25) is 9.59 Å². The molecule has 1 aromatic carbocycles. The predicted octanol–water partition coefficient (Wildman–Crippen LogP) is -0.492. The van der Waals surface area contributed by atoms with E-state index in [-0.39, 0.29) is 17.6 Å². The zero-order chi connectivity index (χ0) is 15.6. The fourth-order valence-corrected chi connectivity index (χ4v) is 2.05. The second-order valence-corrected chi connectivity index (χ2v) is 4.92. The fraction of sp³-hybridized carbons (Fsp3) is 0.286. The number of carbonyl (C=O) groups excluding carboxylic acids is 1. The number of carboxylic acid groups (broad SMARTS) is 1. The monoisotopic (exact) mass is 309 g/mol. The molecule has 1 aromatic heterocycles. The molecule has 2 rings (SSSR count). The van der Waals surface area contributed by atoms with Crippen molar-refractivity contribution in [1.82, 2.24) is 10.3 Å². The van der Waals surface area contributed by atoms with Gasteiger partial charge < -0.3 is 31.7 Å². The number of nitrogens with two attached hydrogens (primary N) is 1. The third kappa shape index (κ3) is 3.74. The summed E-state index contributed by atoms with van der Waals surface area (Å²) in [5.41, 5.74) is 7.42. The van der Waals surface area contributed by atoms with Crippen LogP contribution in [-0.4, -0.2) is 44.6 Å². The van der Waals surface area contributed by atoms with Crippen molar-refractivity contribution >= 4 is 22.8 Å². The average molecular weight is 309 g/mol. The van der Waals surface area contributed by atoms with Gasteiger partial charge in [0, 0.05) is 17.1 Å². The number of rotatable bonds is 5. The molecule has 8 N–H and O–H groups in total. The number of phenols is 1. The van der Waals surface area contributed by atoms with Crippen LogP contribution in [0, 0.1) is 0 Å².